The summed E-state index contributed by atoms with van der Waals surface area (Å²) < 4.78 is 5.32. The number of rotatable bonds is 4. The summed E-state index contributed by atoms with van der Waals surface area (Å²) in [6.45, 7) is 8.05. The highest BCUT2D eigenvalue weighted by atomic mass is 16.4. The highest BCUT2D eigenvalue weighted by molar-refractivity contribution is 5.22. The number of nitrogens with one attached hydrogen (secondary N) is 1. The van der Waals surface area contributed by atoms with Crippen molar-refractivity contribution < 1.29 is 4.42 Å². The molecule has 0 aliphatic carbocycles. The zero-order valence-electron chi connectivity index (χ0n) is 9.16. The molecule has 1 unspecified atom stereocenters. The first-order valence-electron chi connectivity index (χ1n) is 4.82. The van der Waals surface area contributed by atoms with Gasteiger partial charge >= 0.3 is 6.01 Å². The Balaban J connectivity index is 2.69. The maximum Gasteiger partial charge on any atom is 0.315 e. The molecule has 5 nitrogen and oxygen atoms in total. The van der Waals surface area contributed by atoms with E-state index in [0.29, 0.717) is 11.9 Å². The molecule has 0 spiro atoms. The van der Waals surface area contributed by atoms with Crippen LogP contribution in [-0.2, 0) is 0 Å². The van der Waals surface area contributed by atoms with Gasteiger partial charge in [-0.1, -0.05) is 12.0 Å². The van der Waals surface area contributed by atoms with E-state index in [1.807, 2.05) is 6.92 Å². The highest BCUT2D eigenvalue weighted by Gasteiger charge is 2.18. The summed E-state index contributed by atoms with van der Waals surface area (Å²) in [5, 5.41) is 10.8. The monoisotopic (exact) mass is 198 g/mol. The lowest BCUT2D eigenvalue weighted by molar-refractivity contribution is 0.450. The van der Waals surface area contributed by atoms with Crippen molar-refractivity contribution in [2.24, 2.45) is 5.73 Å². The molecule has 1 heterocycles. The number of hydrogen-bond acceptors (Lipinski definition) is 5. The van der Waals surface area contributed by atoms with Crippen LogP contribution in [0.4, 0.5) is 6.01 Å². The fourth-order valence-corrected chi connectivity index (χ4v) is 0.847. The van der Waals surface area contributed by atoms with E-state index in [4.69, 9.17) is 10.2 Å². The van der Waals surface area contributed by atoms with Crippen LogP contribution in [0.1, 0.15) is 46.0 Å². The van der Waals surface area contributed by atoms with Crippen LogP contribution in [-0.4, -0.2) is 15.7 Å². The predicted octanol–water partition coefficient (Wildman–Crippen LogP) is 1.69. The van der Waals surface area contributed by atoms with Gasteiger partial charge in [-0.05, 0) is 27.2 Å². The molecule has 0 saturated heterocycles. The van der Waals surface area contributed by atoms with Gasteiger partial charge in [0.1, 0.15) is 0 Å². The van der Waals surface area contributed by atoms with Gasteiger partial charge in [0.25, 0.3) is 0 Å². The Morgan fingerprint density at radius 2 is 2.14 bits per heavy atom. The van der Waals surface area contributed by atoms with Crippen molar-refractivity contribution in [3.63, 3.8) is 0 Å². The Kier molecular flexibility index (Phi) is 3.10. The van der Waals surface area contributed by atoms with Crippen LogP contribution in [0.3, 0.4) is 0 Å². The second-order valence-electron chi connectivity index (χ2n) is 4.10. The standard InChI is InChI=1S/C9H18N4O/c1-5-9(3,4)11-8-13-12-7(14-8)6(2)10/h6H,5,10H2,1-4H3,(H,11,13). The van der Waals surface area contributed by atoms with Crippen LogP contribution in [0.25, 0.3) is 0 Å². The molecule has 1 rings (SSSR count). The fourth-order valence-electron chi connectivity index (χ4n) is 0.847. The second kappa shape index (κ2) is 3.96. The summed E-state index contributed by atoms with van der Waals surface area (Å²) in [6, 6.07) is 0.215. The molecule has 14 heavy (non-hydrogen) atoms. The maximum absolute atomic E-state index is 5.60. The lowest BCUT2D eigenvalue weighted by Gasteiger charge is -2.22. The summed E-state index contributed by atoms with van der Waals surface area (Å²) in [7, 11) is 0. The van der Waals surface area contributed by atoms with Gasteiger partial charge in [-0.25, -0.2) is 0 Å². The quantitative estimate of drug-likeness (QED) is 0.769. The average Bonchev–Trinajstić information content (AvgIpc) is 2.52. The molecule has 5 heteroatoms. The predicted molar refractivity (Wildman–Crippen MR) is 54.9 cm³/mol. The summed E-state index contributed by atoms with van der Waals surface area (Å²) in [5.74, 6) is 0.458. The molecule has 0 aliphatic heterocycles. The summed E-state index contributed by atoms with van der Waals surface area (Å²) >= 11 is 0. The molecule has 0 fully saturated rings. The molecule has 0 aromatic carbocycles. The van der Waals surface area contributed by atoms with Crippen molar-refractivity contribution in [3.05, 3.63) is 5.89 Å². The number of aromatic nitrogens is 2. The Morgan fingerprint density at radius 1 is 1.50 bits per heavy atom. The van der Waals surface area contributed by atoms with Crippen molar-refractivity contribution >= 4 is 6.01 Å². The first-order valence-corrected chi connectivity index (χ1v) is 4.82. The molecule has 0 aliphatic rings. The van der Waals surface area contributed by atoms with Crippen molar-refractivity contribution in [3.8, 4) is 0 Å². The fraction of sp³-hybridized carbons (Fsp3) is 0.778. The van der Waals surface area contributed by atoms with Crippen molar-refractivity contribution in [1.29, 1.82) is 0 Å². The first kappa shape index (κ1) is 11.0. The third-order valence-electron chi connectivity index (χ3n) is 2.16. The zero-order valence-corrected chi connectivity index (χ0v) is 9.16. The van der Waals surface area contributed by atoms with Crippen molar-refractivity contribution in [2.75, 3.05) is 5.32 Å². The lowest BCUT2D eigenvalue weighted by Crippen LogP contribution is -2.29. The van der Waals surface area contributed by atoms with Crippen LogP contribution in [0.15, 0.2) is 4.42 Å². The van der Waals surface area contributed by atoms with E-state index < -0.39 is 0 Å². The van der Waals surface area contributed by atoms with E-state index in [1.54, 1.807) is 0 Å². The van der Waals surface area contributed by atoms with Gasteiger partial charge in [0.15, 0.2) is 0 Å². The maximum atomic E-state index is 5.60. The molecule has 3 N–H and O–H groups in total. The number of hydrogen-bond donors (Lipinski definition) is 2. The van der Waals surface area contributed by atoms with Gasteiger partial charge in [0, 0.05) is 5.54 Å². The van der Waals surface area contributed by atoms with Crippen LogP contribution in [0.2, 0.25) is 0 Å². The average molecular weight is 198 g/mol. The Labute approximate surface area is 84.1 Å². The van der Waals surface area contributed by atoms with Crippen LogP contribution < -0.4 is 11.1 Å². The summed E-state index contributed by atoms with van der Waals surface area (Å²) in [5.41, 5.74) is 5.56. The Bertz CT molecular complexity index is 293. The zero-order chi connectivity index (χ0) is 10.8. The normalized spacial score (nSPS) is 14.1. The van der Waals surface area contributed by atoms with E-state index in [-0.39, 0.29) is 11.6 Å². The van der Waals surface area contributed by atoms with Gasteiger partial charge < -0.3 is 15.5 Å². The topological polar surface area (TPSA) is 77.0 Å². The Morgan fingerprint density at radius 3 is 2.57 bits per heavy atom. The lowest BCUT2D eigenvalue weighted by atomic mass is 10.0. The van der Waals surface area contributed by atoms with E-state index in [2.05, 4.69) is 36.3 Å². The molecule has 0 saturated carbocycles. The van der Waals surface area contributed by atoms with E-state index in [9.17, 15) is 0 Å². The van der Waals surface area contributed by atoms with E-state index in [1.165, 1.54) is 0 Å². The van der Waals surface area contributed by atoms with Crippen molar-refractivity contribution in [2.45, 2.75) is 45.7 Å². The SMILES string of the molecule is CCC(C)(C)Nc1nnc(C(C)N)o1. The first-order chi connectivity index (χ1) is 6.44. The molecule has 0 radical (unpaired) electrons. The molecule has 1 aromatic rings. The Hall–Kier alpha value is -1.10. The molecule has 80 valence electrons. The third-order valence-corrected chi connectivity index (χ3v) is 2.16. The highest BCUT2D eigenvalue weighted by Crippen LogP contribution is 2.18. The number of nitrogens with two attached hydrogens (primary N) is 1. The number of nitrogens with zero attached hydrogens (tertiary/aromatic N) is 2. The largest absolute Gasteiger partial charge is 0.406 e. The molecule has 0 amide bonds. The third kappa shape index (κ3) is 2.70. The molecule has 1 aromatic heterocycles. The smallest absolute Gasteiger partial charge is 0.315 e. The van der Waals surface area contributed by atoms with Crippen LogP contribution >= 0.6 is 0 Å². The molecular weight excluding hydrogens is 180 g/mol. The van der Waals surface area contributed by atoms with Gasteiger partial charge in [-0.2, -0.15) is 0 Å². The van der Waals surface area contributed by atoms with Gasteiger partial charge in [-0.15, -0.1) is 5.10 Å². The molecule has 0 bridgehead atoms. The van der Waals surface area contributed by atoms with E-state index >= 15 is 0 Å². The minimum absolute atomic E-state index is 0.0400. The second-order valence-corrected chi connectivity index (χ2v) is 4.10. The summed E-state index contributed by atoms with van der Waals surface area (Å²) in [6.07, 6.45) is 0.975. The molecular formula is C9H18N4O. The summed E-state index contributed by atoms with van der Waals surface area (Å²) in [4.78, 5) is 0. The van der Waals surface area contributed by atoms with Crippen LogP contribution in [0.5, 0.6) is 0 Å². The van der Waals surface area contributed by atoms with Crippen LogP contribution in [0, 0.1) is 0 Å². The minimum Gasteiger partial charge on any atom is -0.406 e. The van der Waals surface area contributed by atoms with Gasteiger partial charge in [-0.3, -0.25) is 0 Å². The number of anilines is 1. The molecule has 1 atom stereocenters. The van der Waals surface area contributed by atoms with E-state index in [0.717, 1.165) is 6.42 Å². The minimum atomic E-state index is -0.220. The van der Waals surface area contributed by atoms with Gasteiger partial charge in [0.2, 0.25) is 5.89 Å². The van der Waals surface area contributed by atoms with Crippen molar-refractivity contribution in [1.82, 2.24) is 10.2 Å². The van der Waals surface area contributed by atoms with Gasteiger partial charge in [0.05, 0.1) is 6.04 Å².